The van der Waals surface area contributed by atoms with Crippen LogP contribution in [0.3, 0.4) is 0 Å². The summed E-state index contributed by atoms with van der Waals surface area (Å²) in [7, 11) is -3.76. The number of hydrogen-bond acceptors (Lipinski definition) is 5. The van der Waals surface area contributed by atoms with Crippen molar-refractivity contribution in [2.24, 2.45) is 0 Å². The van der Waals surface area contributed by atoms with Gasteiger partial charge in [0.15, 0.2) is 0 Å². The molecule has 13 heavy (non-hydrogen) atoms. The minimum Gasteiger partial charge on any atom is -0.345 e. The van der Waals surface area contributed by atoms with Gasteiger partial charge in [-0.2, -0.15) is 13.5 Å². The monoisotopic (exact) mass is 208 g/mol. The number of hydrogen-bond donors (Lipinski definition) is 1. The molecule has 2 amide bonds. The first-order chi connectivity index (χ1) is 5.88. The van der Waals surface area contributed by atoms with Crippen molar-refractivity contribution in [2.75, 3.05) is 19.3 Å². The highest BCUT2D eigenvalue weighted by Gasteiger charge is 2.26. The molecule has 1 aliphatic rings. The maximum absolute atomic E-state index is 10.9. The zero-order valence-corrected chi connectivity index (χ0v) is 7.63. The van der Waals surface area contributed by atoms with Crippen molar-refractivity contribution >= 4 is 21.9 Å². The van der Waals surface area contributed by atoms with Gasteiger partial charge in [-0.15, -0.1) is 4.28 Å². The summed E-state index contributed by atoms with van der Waals surface area (Å²) in [5, 5.41) is 2.76. The van der Waals surface area contributed by atoms with Crippen molar-refractivity contribution in [3.05, 3.63) is 0 Å². The summed E-state index contributed by atoms with van der Waals surface area (Å²) in [6, 6.07) is 0. The first-order valence-corrected chi connectivity index (χ1v) is 5.17. The van der Waals surface area contributed by atoms with Gasteiger partial charge in [0.1, 0.15) is 6.54 Å². The van der Waals surface area contributed by atoms with E-state index in [2.05, 4.69) is 9.60 Å². The molecule has 1 N–H and O–H groups in total. The Morgan fingerprint density at radius 2 is 2.08 bits per heavy atom. The van der Waals surface area contributed by atoms with Gasteiger partial charge in [-0.25, -0.2) is 0 Å². The van der Waals surface area contributed by atoms with Crippen molar-refractivity contribution in [1.29, 1.82) is 0 Å². The minimum atomic E-state index is -3.76. The summed E-state index contributed by atoms with van der Waals surface area (Å²) < 4.78 is 25.5. The molecule has 1 aliphatic heterocycles. The molecule has 0 aromatic rings. The lowest BCUT2D eigenvalue weighted by atomic mass is 10.4. The van der Waals surface area contributed by atoms with Crippen molar-refractivity contribution < 1.29 is 22.3 Å². The van der Waals surface area contributed by atoms with Gasteiger partial charge in [0.2, 0.25) is 5.91 Å². The van der Waals surface area contributed by atoms with Crippen LogP contribution in [0.1, 0.15) is 0 Å². The van der Waals surface area contributed by atoms with E-state index >= 15 is 0 Å². The highest BCUT2D eigenvalue weighted by atomic mass is 32.2. The van der Waals surface area contributed by atoms with Crippen molar-refractivity contribution in [2.45, 2.75) is 0 Å². The molecule has 1 fully saturated rings. The highest BCUT2D eigenvalue weighted by Crippen LogP contribution is 2.00. The van der Waals surface area contributed by atoms with Crippen LogP contribution >= 0.6 is 0 Å². The average Bonchev–Trinajstić information content (AvgIpc) is 1.94. The maximum atomic E-state index is 10.9. The number of piperazine rings is 1. The van der Waals surface area contributed by atoms with E-state index < -0.39 is 28.5 Å². The van der Waals surface area contributed by atoms with E-state index in [9.17, 15) is 18.0 Å². The maximum Gasteiger partial charge on any atom is 0.285 e. The Kier molecular flexibility index (Phi) is 2.52. The van der Waals surface area contributed by atoms with E-state index in [1.165, 1.54) is 0 Å². The average molecular weight is 208 g/mol. The van der Waals surface area contributed by atoms with Crippen LogP contribution in [0.15, 0.2) is 0 Å². The van der Waals surface area contributed by atoms with Crippen LogP contribution in [0.5, 0.6) is 0 Å². The van der Waals surface area contributed by atoms with Crippen LogP contribution in [0, 0.1) is 0 Å². The van der Waals surface area contributed by atoms with Gasteiger partial charge < -0.3 is 5.32 Å². The zero-order chi connectivity index (χ0) is 10.1. The molecule has 0 bridgehead atoms. The lowest BCUT2D eigenvalue weighted by molar-refractivity contribution is -0.164. The molecule has 0 unspecified atom stereocenters. The van der Waals surface area contributed by atoms with E-state index in [0.29, 0.717) is 5.06 Å². The van der Waals surface area contributed by atoms with E-state index in [-0.39, 0.29) is 6.54 Å². The fourth-order valence-corrected chi connectivity index (χ4v) is 1.23. The quantitative estimate of drug-likeness (QED) is 0.557. The molecule has 74 valence electrons. The molecule has 1 heterocycles. The fraction of sp³-hybridized carbons (Fsp3) is 0.600. The lowest BCUT2D eigenvalue weighted by Gasteiger charge is -2.23. The third-order valence-electron chi connectivity index (χ3n) is 1.23. The van der Waals surface area contributed by atoms with Gasteiger partial charge in [0.25, 0.3) is 16.0 Å². The lowest BCUT2D eigenvalue weighted by Crippen LogP contribution is -2.51. The number of amides is 2. The van der Waals surface area contributed by atoms with Crippen LogP contribution in [-0.4, -0.2) is 44.6 Å². The van der Waals surface area contributed by atoms with Crippen molar-refractivity contribution in [1.82, 2.24) is 10.4 Å². The standard InChI is InChI=1S/C5H8N2O5S/c1-13(10,11)12-7-3-4(8)6-2-5(7)9/h2-3H2,1H3,(H,6,8). The number of rotatable bonds is 2. The Morgan fingerprint density at radius 3 is 2.62 bits per heavy atom. The molecule has 0 radical (unpaired) electrons. The number of hydroxylamine groups is 2. The van der Waals surface area contributed by atoms with Gasteiger partial charge in [-0.1, -0.05) is 0 Å². The molecule has 0 aliphatic carbocycles. The Hall–Kier alpha value is -1.15. The Morgan fingerprint density at radius 1 is 1.46 bits per heavy atom. The van der Waals surface area contributed by atoms with Crippen LogP contribution in [0.4, 0.5) is 0 Å². The van der Waals surface area contributed by atoms with Crippen LogP contribution in [-0.2, 0) is 24.0 Å². The smallest absolute Gasteiger partial charge is 0.285 e. The van der Waals surface area contributed by atoms with Gasteiger partial charge in [0.05, 0.1) is 12.8 Å². The molecule has 0 atom stereocenters. The molecule has 0 aromatic carbocycles. The molecular weight excluding hydrogens is 200 g/mol. The summed E-state index contributed by atoms with van der Waals surface area (Å²) in [6.07, 6.45) is 0.798. The molecule has 7 nitrogen and oxygen atoms in total. The van der Waals surface area contributed by atoms with Gasteiger partial charge >= 0.3 is 0 Å². The number of carbonyl (C=O) groups is 2. The second kappa shape index (κ2) is 3.30. The Bertz CT molecular complexity index is 335. The molecule has 0 spiro atoms. The first-order valence-electron chi connectivity index (χ1n) is 3.35. The van der Waals surface area contributed by atoms with E-state index in [4.69, 9.17) is 0 Å². The molecule has 1 saturated heterocycles. The van der Waals surface area contributed by atoms with Gasteiger partial charge in [0, 0.05) is 0 Å². The number of carbonyl (C=O) groups excluding carboxylic acids is 2. The SMILES string of the molecule is CS(=O)(=O)ON1CC(=O)NCC1=O. The largest absolute Gasteiger partial charge is 0.345 e. The molecule has 8 heteroatoms. The highest BCUT2D eigenvalue weighted by molar-refractivity contribution is 7.85. The first kappa shape index (κ1) is 9.93. The topological polar surface area (TPSA) is 92.8 Å². The summed E-state index contributed by atoms with van der Waals surface area (Å²) in [4.78, 5) is 21.7. The summed E-state index contributed by atoms with van der Waals surface area (Å²) in [6.45, 7) is -0.639. The minimum absolute atomic E-state index is 0.242. The van der Waals surface area contributed by atoms with E-state index in [0.717, 1.165) is 6.26 Å². The van der Waals surface area contributed by atoms with Gasteiger partial charge in [-0.3, -0.25) is 9.59 Å². The Labute approximate surface area is 74.7 Å². The fourth-order valence-electron chi connectivity index (χ4n) is 0.768. The Balaban J connectivity index is 2.67. The van der Waals surface area contributed by atoms with Crippen LogP contribution < -0.4 is 5.32 Å². The second-order valence-corrected chi connectivity index (χ2v) is 4.04. The predicted octanol–water partition coefficient (Wildman–Crippen LogP) is -2.16. The van der Waals surface area contributed by atoms with E-state index in [1.807, 2.05) is 0 Å². The van der Waals surface area contributed by atoms with Crippen LogP contribution in [0.2, 0.25) is 0 Å². The third kappa shape index (κ3) is 2.99. The van der Waals surface area contributed by atoms with Crippen molar-refractivity contribution in [3.8, 4) is 0 Å². The predicted molar refractivity (Wildman–Crippen MR) is 40.7 cm³/mol. The summed E-state index contributed by atoms with van der Waals surface area (Å²) >= 11 is 0. The molecule has 0 saturated carbocycles. The number of nitrogens with one attached hydrogen (secondary N) is 1. The summed E-state index contributed by atoms with van der Waals surface area (Å²) in [5.41, 5.74) is 0. The van der Waals surface area contributed by atoms with E-state index in [1.54, 1.807) is 0 Å². The molecule has 1 rings (SSSR count). The van der Waals surface area contributed by atoms with Crippen molar-refractivity contribution in [3.63, 3.8) is 0 Å². The van der Waals surface area contributed by atoms with Crippen LogP contribution in [0.25, 0.3) is 0 Å². The zero-order valence-electron chi connectivity index (χ0n) is 6.81. The molecular formula is C5H8N2O5S. The molecule has 0 aromatic heterocycles. The summed E-state index contributed by atoms with van der Waals surface area (Å²) in [5.74, 6) is -1.05. The van der Waals surface area contributed by atoms with Gasteiger partial charge in [-0.05, 0) is 0 Å². The number of nitrogens with zero attached hydrogens (tertiary/aromatic N) is 1. The normalized spacial score (nSPS) is 18.7. The second-order valence-electron chi connectivity index (χ2n) is 2.49. The third-order valence-corrected chi connectivity index (χ3v) is 1.68.